The Morgan fingerprint density at radius 1 is 1.41 bits per heavy atom. The fourth-order valence-electron chi connectivity index (χ4n) is 1.49. The van der Waals surface area contributed by atoms with Gasteiger partial charge in [-0.25, -0.2) is 4.79 Å². The van der Waals surface area contributed by atoms with Gasteiger partial charge in [0, 0.05) is 18.8 Å². The van der Waals surface area contributed by atoms with E-state index in [0.717, 1.165) is 5.56 Å². The van der Waals surface area contributed by atoms with E-state index >= 15 is 0 Å². The molecule has 5 nitrogen and oxygen atoms in total. The third-order valence-corrected chi connectivity index (χ3v) is 2.32. The molecule has 0 saturated carbocycles. The molecule has 0 radical (unpaired) electrons. The van der Waals surface area contributed by atoms with Crippen LogP contribution in [0.15, 0.2) is 41.1 Å². The standard InChI is InChI=1S/C12H11NO4/c14-9(6-8-2-1-5-13-7-8)10-3-4-11(17-10)12(15)16/h1-5,7,9,14H,6H2,(H,15,16). The monoisotopic (exact) mass is 233 g/mol. The smallest absolute Gasteiger partial charge is 0.371 e. The number of pyridine rings is 1. The van der Waals surface area contributed by atoms with Gasteiger partial charge in [-0.05, 0) is 23.8 Å². The molecule has 2 rings (SSSR count). The number of aromatic nitrogens is 1. The Bertz CT molecular complexity index is 506. The van der Waals surface area contributed by atoms with Crippen molar-refractivity contribution in [2.24, 2.45) is 0 Å². The lowest BCUT2D eigenvalue weighted by atomic mass is 10.1. The van der Waals surface area contributed by atoms with Crippen molar-refractivity contribution in [1.29, 1.82) is 0 Å². The van der Waals surface area contributed by atoms with Gasteiger partial charge < -0.3 is 14.6 Å². The van der Waals surface area contributed by atoms with Gasteiger partial charge in [0.05, 0.1) is 0 Å². The fourth-order valence-corrected chi connectivity index (χ4v) is 1.49. The number of hydrogen-bond acceptors (Lipinski definition) is 4. The van der Waals surface area contributed by atoms with Crippen LogP contribution in [0.1, 0.15) is 28.0 Å². The first kappa shape index (κ1) is 11.3. The highest BCUT2D eigenvalue weighted by molar-refractivity contribution is 5.84. The van der Waals surface area contributed by atoms with Crippen molar-refractivity contribution < 1.29 is 19.4 Å². The summed E-state index contributed by atoms with van der Waals surface area (Å²) in [7, 11) is 0. The number of carboxylic acid groups (broad SMARTS) is 1. The van der Waals surface area contributed by atoms with Crippen LogP contribution in [-0.4, -0.2) is 21.2 Å². The van der Waals surface area contributed by atoms with E-state index in [2.05, 4.69) is 4.98 Å². The van der Waals surface area contributed by atoms with Crippen LogP contribution in [-0.2, 0) is 6.42 Å². The first-order valence-electron chi connectivity index (χ1n) is 5.07. The van der Waals surface area contributed by atoms with Gasteiger partial charge in [-0.1, -0.05) is 6.07 Å². The van der Waals surface area contributed by atoms with Crippen LogP contribution < -0.4 is 0 Å². The molecule has 0 bridgehead atoms. The summed E-state index contributed by atoms with van der Waals surface area (Å²) in [6, 6.07) is 6.39. The Labute approximate surface area is 97.3 Å². The van der Waals surface area contributed by atoms with Crippen LogP contribution in [0.5, 0.6) is 0 Å². The van der Waals surface area contributed by atoms with E-state index in [0.29, 0.717) is 6.42 Å². The van der Waals surface area contributed by atoms with E-state index < -0.39 is 12.1 Å². The van der Waals surface area contributed by atoms with Crippen molar-refractivity contribution in [1.82, 2.24) is 4.98 Å². The number of nitrogens with zero attached hydrogens (tertiary/aromatic N) is 1. The minimum atomic E-state index is -1.15. The van der Waals surface area contributed by atoms with E-state index in [1.165, 1.54) is 12.1 Å². The summed E-state index contributed by atoms with van der Waals surface area (Å²) < 4.78 is 5.01. The third-order valence-electron chi connectivity index (χ3n) is 2.32. The van der Waals surface area contributed by atoms with Crippen LogP contribution in [0.3, 0.4) is 0 Å². The van der Waals surface area contributed by atoms with Crippen molar-refractivity contribution in [3.8, 4) is 0 Å². The topological polar surface area (TPSA) is 83.6 Å². The number of carboxylic acids is 1. The predicted octanol–water partition coefficient (Wildman–Crippen LogP) is 1.65. The highest BCUT2D eigenvalue weighted by Gasteiger charge is 2.15. The SMILES string of the molecule is O=C(O)c1ccc(C(O)Cc2cccnc2)o1. The predicted molar refractivity (Wildman–Crippen MR) is 58.6 cm³/mol. The lowest BCUT2D eigenvalue weighted by Crippen LogP contribution is -2.01. The molecule has 0 fully saturated rings. The van der Waals surface area contributed by atoms with Crippen LogP contribution in [0.2, 0.25) is 0 Å². The molecular formula is C12H11NO4. The van der Waals surface area contributed by atoms with Crippen molar-refractivity contribution in [3.05, 3.63) is 53.7 Å². The molecule has 0 amide bonds. The van der Waals surface area contributed by atoms with Crippen molar-refractivity contribution in [2.75, 3.05) is 0 Å². The number of aliphatic hydroxyl groups excluding tert-OH is 1. The second-order valence-corrected chi connectivity index (χ2v) is 3.59. The molecule has 0 aliphatic rings. The van der Waals surface area contributed by atoms with Crippen molar-refractivity contribution in [2.45, 2.75) is 12.5 Å². The molecule has 0 aliphatic carbocycles. The molecular weight excluding hydrogens is 222 g/mol. The zero-order valence-corrected chi connectivity index (χ0v) is 8.91. The van der Waals surface area contributed by atoms with Crippen molar-refractivity contribution in [3.63, 3.8) is 0 Å². The Kier molecular flexibility index (Phi) is 3.20. The zero-order chi connectivity index (χ0) is 12.3. The van der Waals surface area contributed by atoms with E-state index in [1.54, 1.807) is 18.5 Å². The van der Waals surface area contributed by atoms with E-state index in [1.807, 2.05) is 6.07 Å². The largest absolute Gasteiger partial charge is 0.475 e. The highest BCUT2D eigenvalue weighted by atomic mass is 16.4. The van der Waals surface area contributed by atoms with Gasteiger partial charge in [0.1, 0.15) is 11.9 Å². The zero-order valence-electron chi connectivity index (χ0n) is 8.91. The fraction of sp³-hybridized carbons (Fsp3) is 0.167. The molecule has 1 atom stereocenters. The van der Waals surface area contributed by atoms with E-state index in [-0.39, 0.29) is 11.5 Å². The number of aromatic carboxylic acids is 1. The first-order chi connectivity index (χ1) is 8.16. The number of hydrogen-bond donors (Lipinski definition) is 2. The van der Waals surface area contributed by atoms with Gasteiger partial charge in [-0.3, -0.25) is 4.98 Å². The minimum Gasteiger partial charge on any atom is -0.475 e. The van der Waals surface area contributed by atoms with Crippen LogP contribution in [0.25, 0.3) is 0 Å². The maximum atomic E-state index is 10.6. The summed E-state index contributed by atoms with van der Waals surface area (Å²) in [4.78, 5) is 14.5. The lowest BCUT2D eigenvalue weighted by Gasteiger charge is -2.06. The summed E-state index contributed by atoms with van der Waals surface area (Å²) >= 11 is 0. The van der Waals surface area contributed by atoms with Gasteiger partial charge >= 0.3 is 5.97 Å². The lowest BCUT2D eigenvalue weighted by molar-refractivity contribution is 0.0651. The van der Waals surface area contributed by atoms with Gasteiger partial charge in [0.25, 0.3) is 0 Å². The number of furan rings is 1. The Morgan fingerprint density at radius 2 is 2.24 bits per heavy atom. The van der Waals surface area contributed by atoms with E-state index in [9.17, 15) is 9.90 Å². The molecule has 5 heteroatoms. The summed E-state index contributed by atoms with van der Waals surface area (Å²) in [5.74, 6) is -1.08. The normalized spacial score (nSPS) is 12.3. The van der Waals surface area contributed by atoms with Crippen LogP contribution in [0, 0.1) is 0 Å². The maximum absolute atomic E-state index is 10.6. The molecule has 1 unspecified atom stereocenters. The molecule has 2 heterocycles. The molecule has 2 aromatic rings. The molecule has 0 aromatic carbocycles. The Morgan fingerprint density at radius 3 is 2.82 bits per heavy atom. The Hall–Kier alpha value is -2.14. The average Bonchev–Trinajstić information content (AvgIpc) is 2.79. The van der Waals surface area contributed by atoms with Gasteiger partial charge in [-0.15, -0.1) is 0 Å². The minimum absolute atomic E-state index is 0.176. The molecule has 0 spiro atoms. The average molecular weight is 233 g/mol. The molecule has 88 valence electrons. The van der Waals surface area contributed by atoms with Gasteiger partial charge in [-0.2, -0.15) is 0 Å². The summed E-state index contributed by atoms with van der Waals surface area (Å²) in [5.41, 5.74) is 0.855. The maximum Gasteiger partial charge on any atom is 0.371 e. The summed E-state index contributed by atoms with van der Waals surface area (Å²) in [6.45, 7) is 0. The van der Waals surface area contributed by atoms with Crippen LogP contribution in [0.4, 0.5) is 0 Å². The van der Waals surface area contributed by atoms with Crippen molar-refractivity contribution >= 4 is 5.97 Å². The quantitative estimate of drug-likeness (QED) is 0.838. The van der Waals surface area contributed by atoms with Gasteiger partial charge in [0.15, 0.2) is 0 Å². The third kappa shape index (κ3) is 2.70. The van der Waals surface area contributed by atoms with Gasteiger partial charge in [0.2, 0.25) is 5.76 Å². The molecule has 2 N–H and O–H groups in total. The molecule has 2 aromatic heterocycles. The number of carbonyl (C=O) groups is 1. The summed E-state index contributed by atoms with van der Waals surface area (Å²) in [6.07, 6.45) is 2.75. The summed E-state index contributed by atoms with van der Waals surface area (Å²) in [5, 5.41) is 18.5. The molecule has 0 aliphatic heterocycles. The number of rotatable bonds is 4. The highest BCUT2D eigenvalue weighted by Crippen LogP contribution is 2.20. The second kappa shape index (κ2) is 4.80. The number of aliphatic hydroxyl groups is 1. The molecule has 0 saturated heterocycles. The Balaban J connectivity index is 2.09. The first-order valence-corrected chi connectivity index (χ1v) is 5.07. The van der Waals surface area contributed by atoms with E-state index in [4.69, 9.17) is 9.52 Å². The second-order valence-electron chi connectivity index (χ2n) is 3.59. The molecule has 17 heavy (non-hydrogen) atoms. The van der Waals surface area contributed by atoms with Crippen LogP contribution >= 0.6 is 0 Å².